The number of hydrogen-bond acceptors (Lipinski definition) is 4. The molecule has 1 aromatic heterocycles. The van der Waals surface area contributed by atoms with E-state index in [1.807, 2.05) is 32.0 Å². The molecule has 0 spiro atoms. The molecule has 6 nitrogen and oxygen atoms in total. The third-order valence-corrected chi connectivity index (χ3v) is 4.92. The van der Waals surface area contributed by atoms with Crippen LogP contribution >= 0.6 is 0 Å². The summed E-state index contributed by atoms with van der Waals surface area (Å²) in [6.07, 6.45) is 5.48. The number of pyridine rings is 1. The van der Waals surface area contributed by atoms with E-state index in [1.54, 1.807) is 18.3 Å². The Morgan fingerprint density at radius 3 is 2.48 bits per heavy atom. The van der Waals surface area contributed by atoms with Gasteiger partial charge in [-0.2, -0.15) is 0 Å². The van der Waals surface area contributed by atoms with Gasteiger partial charge in [0.2, 0.25) is 5.91 Å². The van der Waals surface area contributed by atoms with Crippen molar-refractivity contribution in [3.05, 3.63) is 53.2 Å². The van der Waals surface area contributed by atoms with E-state index in [-0.39, 0.29) is 18.4 Å². The fraction of sp³-hybridized carbons (Fsp3) is 0.381. The van der Waals surface area contributed by atoms with Gasteiger partial charge in [-0.1, -0.05) is 6.07 Å². The van der Waals surface area contributed by atoms with Crippen LogP contribution in [0.15, 0.2) is 36.5 Å². The quantitative estimate of drug-likeness (QED) is 0.853. The number of hydrogen-bond donors (Lipinski definition) is 2. The summed E-state index contributed by atoms with van der Waals surface area (Å²) in [5.74, 6) is -0.0757. The van der Waals surface area contributed by atoms with Gasteiger partial charge in [0.15, 0.2) is 0 Å². The maximum atomic E-state index is 12.2. The Labute approximate surface area is 160 Å². The summed E-state index contributed by atoms with van der Waals surface area (Å²) < 4.78 is 0. The Hall–Kier alpha value is -2.89. The zero-order chi connectivity index (χ0) is 19.2. The highest BCUT2D eigenvalue weighted by Crippen LogP contribution is 2.19. The van der Waals surface area contributed by atoms with Crippen LogP contribution in [-0.2, 0) is 4.79 Å². The number of piperidine rings is 1. The lowest BCUT2D eigenvalue weighted by Crippen LogP contribution is -2.33. The molecule has 1 saturated heterocycles. The van der Waals surface area contributed by atoms with Gasteiger partial charge in [0, 0.05) is 18.7 Å². The van der Waals surface area contributed by atoms with E-state index in [9.17, 15) is 9.59 Å². The molecule has 1 aliphatic heterocycles. The van der Waals surface area contributed by atoms with Crippen molar-refractivity contribution < 1.29 is 9.59 Å². The molecule has 2 aromatic rings. The van der Waals surface area contributed by atoms with Crippen LogP contribution in [0.4, 0.5) is 11.5 Å². The molecule has 1 fully saturated rings. The fourth-order valence-corrected chi connectivity index (χ4v) is 3.13. The predicted molar refractivity (Wildman–Crippen MR) is 107 cm³/mol. The molecule has 2 heterocycles. The van der Waals surface area contributed by atoms with Crippen molar-refractivity contribution in [2.45, 2.75) is 33.1 Å². The average Bonchev–Trinajstić information content (AvgIpc) is 2.69. The van der Waals surface area contributed by atoms with Gasteiger partial charge in [0.05, 0.1) is 18.4 Å². The summed E-state index contributed by atoms with van der Waals surface area (Å²) in [6, 6.07) is 9.26. The Balaban J connectivity index is 1.50. The largest absolute Gasteiger partial charge is 0.370 e. The Bertz CT molecular complexity index is 811. The summed E-state index contributed by atoms with van der Waals surface area (Å²) in [7, 11) is 0. The molecule has 0 unspecified atom stereocenters. The molecular formula is C21H26N4O2. The molecule has 0 bridgehead atoms. The number of carbonyl (C=O) groups excluding carboxylic acids is 2. The highest BCUT2D eigenvalue weighted by atomic mass is 16.2. The van der Waals surface area contributed by atoms with Crippen molar-refractivity contribution in [2.24, 2.45) is 0 Å². The maximum Gasteiger partial charge on any atom is 0.251 e. The van der Waals surface area contributed by atoms with Crippen molar-refractivity contribution in [3.63, 3.8) is 0 Å². The summed E-state index contributed by atoms with van der Waals surface area (Å²) in [6.45, 7) is 5.96. The van der Waals surface area contributed by atoms with Crippen molar-refractivity contribution in [1.29, 1.82) is 0 Å². The van der Waals surface area contributed by atoms with Gasteiger partial charge in [-0.15, -0.1) is 0 Å². The summed E-state index contributed by atoms with van der Waals surface area (Å²) in [5, 5.41) is 5.36. The first-order valence-corrected chi connectivity index (χ1v) is 9.39. The zero-order valence-corrected chi connectivity index (χ0v) is 15.9. The smallest absolute Gasteiger partial charge is 0.251 e. The lowest BCUT2D eigenvalue weighted by Gasteiger charge is -2.28. The van der Waals surface area contributed by atoms with Crippen molar-refractivity contribution in [1.82, 2.24) is 10.3 Å². The van der Waals surface area contributed by atoms with Crippen LogP contribution in [0.5, 0.6) is 0 Å². The molecule has 1 aliphatic rings. The molecular weight excluding hydrogens is 340 g/mol. The third-order valence-electron chi connectivity index (χ3n) is 4.92. The molecule has 1 aromatic carbocycles. The topological polar surface area (TPSA) is 74.3 Å². The number of rotatable bonds is 5. The van der Waals surface area contributed by atoms with Crippen LogP contribution in [0, 0.1) is 13.8 Å². The highest BCUT2D eigenvalue weighted by molar-refractivity contribution is 5.99. The van der Waals surface area contributed by atoms with Crippen molar-refractivity contribution in [3.8, 4) is 0 Å². The van der Waals surface area contributed by atoms with Crippen LogP contribution in [-0.4, -0.2) is 36.4 Å². The molecule has 142 valence electrons. The molecule has 2 N–H and O–H groups in total. The molecule has 6 heteroatoms. The van der Waals surface area contributed by atoms with E-state index in [2.05, 4.69) is 20.5 Å². The highest BCUT2D eigenvalue weighted by Gasteiger charge is 2.12. The molecule has 2 amide bonds. The lowest BCUT2D eigenvalue weighted by molar-refractivity contribution is -0.115. The average molecular weight is 366 g/mol. The number of amides is 2. The number of carbonyl (C=O) groups is 2. The first kappa shape index (κ1) is 18.9. The molecule has 0 atom stereocenters. The number of benzene rings is 1. The van der Waals surface area contributed by atoms with Gasteiger partial charge in [-0.3, -0.25) is 9.59 Å². The zero-order valence-electron chi connectivity index (χ0n) is 15.9. The summed E-state index contributed by atoms with van der Waals surface area (Å²) >= 11 is 0. The third kappa shape index (κ3) is 5.06. The molecule has 0 radical (unpaired) electrons. The van der Waals surface area contributed by atoms with Gasteiger partial charge in [0.25, 0.3) is 5.91 Å². The van der Waals surface area contributed by atoms with E-state index >= 15 is 0 Å². The minimum Gasteiger partial charge on any atom is -0.370 e. The monoisotopic (exact) mass is 366 g/mol. The van der Waals surface area contributed by atoms with E-state index in [0.29, 0.717) is 11.4 Å². The van der Waals surface area contributed by atoms with Gasteiger partial charge < -0.3 is 15.5 Å². The minimum absolute atomic E-state index is 0.0959. The van der Waals surface area contributed by atoms with Crippen molar-refractivity contribution in [2.75, 3.05) is 29.9 Å². The predicted octanol–water partition coefficient (Wildman–Crippen LogP) is 3.06. The summed E-state index contributed by atoms with van der Waals surface area (Å²) in [5.41, 5.74) is 3.80. The molecule has 0 aliphatic carbocycles. The maximum absolute atomic E-state index is 12.2. The van der Waals surface area contributed by atoms with Gasteiger partial charge in [0.1, 0.15) is 5.82 Å². The number of nitrogens with one attached hydrogen (secondary N) is 2. The standard InChI is InChI=1S/C21H26N4O2/c1-15-6-7-17(12-16(15)2)21(27)23-14-20(26)24-19-9-8-18(13-22-19)25-10-4-3-5-11-25/h6-9,12-13H,3-5,10-11,14H2,1-2H3,(H,23,27)(H,22,24,26). The number of anilines is 2. The van der Waals surface area contributed by atoms with Crippen molar-refractivity contribution >= 4 is 23.3 Å². The summed E-state index contributed by atoms with van der Waals surface area (Å²) in [4.78, 5) is 30.9. The van der Waals surface area contributed by atoms with Gasteiger partial charge in [-0.05, 0) is 68.5 Å². The second kappa shape index (κ2) is 8.66. The van der Waals surface area contributed by atoms with E-state index in [0.717, 1.165) is 29.9 Å². The van der Waals surface area contributed by atoms with E-state index in [1.165, 1.54) is 19.3 Å². The normalized spacial score (nSPS) is 13.9. The SMILES string of the molecule is Cc1ccc(C(=O)NCC(=O)Nc2ccc(N3CCCCC3)cn2)cc1C. The Kier molecular flexibility index (Phi) is 6.06. The Morgan fingerprint density at radius 2 is 1.81 bits per heavy atom. The number of aromatic nitrogens is 1. The van der Waals surface area contributed by atoms with Crippen LogP contribution in [0.1, 0.15) is 40.7 Å². The molecule has 0 saturated carbocycles. The molecule has 3 rings (SSSR count). The first-order chi connectivity index (χ1) is 13.0. The van der Waals surface area contributed by atoms with Gasteiger partial charge in [-0.25, -0.2) is 4.98 Å². The minimum atomic E-state index is -0.301. The fourth-order valence-electron chi connectivity index (χ4n) is 3.13. The Morgan fingerprint density at radius 1 is 1.04 bits per heavy atom. The van der Waals surface area contributed by atoms with Gasteiger partial charge >= 0.3 is 0 Å². The molecule has 27 heavy (non-hydrogen) atoms. The van der Waals surface area contributed by atoms with E-state index < -0.39 is 0 Å². The van der Waals surface area contributed by atoms with Crippen LogP contribution in [0.3, 0.4) is 0 Å². The second-order valence-corrected chi connectivity index (χ2v) is 6.98. The second-order valence-electron chi connectivity index (χ2n) is 6.98. The lowest BCUT2D eigenvalue weighted by atomic mass is 10.1. The number of aryl methyl sites for hydroxylation is 2. The van der Waals surface area contributed by atoms with Crippen LogP contribution in [0.2, 0.25) is 0 Å². The number of nitrogens with zero attached hydrogens (tertiary/aromatic N) is 2. The first-order valence-electron chi connectivity index (χ1n) is 9.39. The van der Waals surface area contributed by atoms with E-state index in [4.69, 9.17) is 0 Å². The van der Waals surface area contributed by atoms with Crippen LogP contribution in [0.25, 0.3) is 0 Å². The van der Waals surface area contributed by atoms with Crippen LogP contribution < -0.4 is 15.5 Å².